The van der Waals surface area contributed by atoms with E-state index >= 15 is 0 Å². The van der Waals surface area contributed by atoms with Crippen molar-refractivity contribution >= 4 is 0 Å². The van der Waals surface area contributed by atoms with Crippen molar-refractivity contribution in [2.75, 3.05) is 6.61 Å². The molecule has 1 N–H and O–H groups in total. The summed E-state index contributed by atoms with van der Waals surface area (Å²) >= 11 is 0. The SMILES string of the molecule is OCC1(Cc2ccccc2F)CC2CCC1C2. The Morgan fingerprint density at radius 3 is 2.71 bits per heavy atom. The van der Waals surface area contributed by atoms with E-state index in [4.69, 9.17) is 0 Å². The van der Waals surface area contributed by atoms with Crippen LogP contribution in [0.2, 0.25) is 0 Å². The maximum atomic E-state index is 13.7. The quantitative estimate of drug-likeness (QED) is 0.851. The van der Waals surface area contributed by atoms with Gasteiger partial charge in [-0.2, -0.15) is 0 Å². The molecule has 0 radical (unpaired) electrons. The van der Waals surface area contributed by atoms with E-state index in [1.54, 1.807) is 6.07 Å². The second-order valence-electron chi connectivity index (χ2n) is 5.87. The van der Waals surface area contributed by atoms with Crippen molar-refractivity contribution < 1.29 is 9.50 Å². The van der Waals surface area contributed by atoms with Crippen molar-refractivity contribution in [3.05, 3.63) is 35.6 Å². The Hall–Kier alpha value is -0.890. The maximum absolute atomic E-state index is 13.7. The Balaban J connectivity index is 1.86. The molecule has 1 aromatic rings. The van der Waals surface area contributed by atoms with Crippen LogP contribution in [-0.4, -0.2) is 11.7 Å². The van der Waals surface area contributed by atoms with Crippen molar-refractivity contribution in [2.45, 2.75) is 32.1 Å². The largest absolute Gasteiger partial charge is 0.396 e. The third kappa shape index (κ3) is 1.79. The van der Waals surface area contributed by atoms with E-state index in [1.807, 2.05) is 12.1 Å². The molecule has 92 valence electrons. The smallest absolute Gasteiger partial charge is 0.126 e. The van der Waals surface area contributed by atoms with E-state index in [0.717, 1.165) is 17.9 Å². The van der Waals surface area contributed by atoms with Crippen LogP contribution in [0.5, 0.6) is 0 Å². The van der Waals surface area contributed by atoms with E-state index in [-0.39, 0.29) is 17.8 Å². The average Bonchev–Trinajstić information content (AvgIpc) is 2.93. The zero-order valence-corrected chi connectivity index (χ0v) is 10.0. The van der Waals surface area contributed by atoms with Crippen LogP contribution in [0.3, 0.4) is 0 Å². The van der Waals surface area contributed by atoms with E-state index in [1.165, 1.54) is 25.3 Å². The molecule has 17 heavy (non-hydrogen) atoms. The summed E-state index contributed by atoms with van der Waals surface area (Å²) in [6.45, 7) is 0.211. The summed E-state index contributed by atoms with van der Waals surface area (Å²) in [4.78, 5) is 0. The number of halogens is 1. The van der Waals surface area contributed by atoms with Gasteiger partial charge in [0.2, 0.25) is 0 Å². The van der Waals surface area contributed by atoms with Crippen molar-refractivity contribution in [3.63, 3.8) is 0 Å². The normalized spacial score (nSPS) is 35.4. The number of aliphatic hydroxyl groups excluding tert-OH is 1. The molecule has 0 saturated heterocycles. The summed E-state index contributed by atoms with van der Waals surface area (Å²) in [6.07, 6.45) is 5.57. The van der Waals surface area contributed by atoms with Gasteiger partial charge in [-0.1, -0.05) is 24.6 Å². The van der Waals surface area contributed by atoms with Gasteiger partial charge in [-0.25, -0.2) is 4.39 Å². The molecule has 2 aliphatic rings. The minimum atomic E-state index is -0.122. The molecule has 2 aliphatic carbocycles. The molecule has 2 saturated carbocycles. The Morgan fingerprint density at radius 1 is 1.29 bits per heavy atom. The zero-order valence-electron chi connectivity index (χ0n) is 10.0. The van der Waals surface area contributed by atoms with Crippen LogP contribution in [0.1, 0.15) is 31.2 Å². The number of aliphatic hydroxyl groups is 1. The molecule has 3 unspecified atom stereocenters. The van der Waals surface area contributed by atoms with E-state index in [0.29, 0.717) is 12.3 Å². The molecule has 0 heterocycles. The van der Waals surface area contributed by atoms with Gasteiger partial charge in [0.05, 0.1) is 0 Å². The van der Waals surface area contributed by atoms with Gasteiger partial charge in [0.1, 0.15) is 5.82 Å². The van der Waals surface area contributed by atoms with Gasteiger partial charge < -0.3 is 5.11 Å². The molecule has 1 nitrogen and oxygen atoms in total. The van der Waals surface area contributed by atoms with Gasteiger partial charge in [-0.05, 0) is 49.1 Å². The summed E-state index contributed by atoms with van der Waals surface area (Å²) < 4.78 is 13.7. The average molecular weight is 234 g/mol. The highest BCUT2D eigenvalue weighted by Crippen LogP contribution is 2.57. The number of hydrogen-bond donors (Lipinski definition) is 1. The van der Waals surface area contributed by atoms with Gasteiger partial charge >= 0.3 is 0 Å². The molecular formula is C15H19FO. The maximum Gasteiger partial charge on any atom is 0.126 e. The van der Waals surface area contributed by atoms with Crippen LogP contribution < -0.4 is 0 Å². The van der Waals surface area contributed by atoms with Crippen LogP contribution in [0, 0.1) is 23.1 Å². The highest BCUT2D eigenvalue weighted by Gasteiger charge is 2.50. The lowest BCUT2D eigenvalue weighted by Gasteiger charge is -2.36. The Labute approximate surface area is 102 Å². The zero-order chi connectivity index (χ0) is 11.9. The molecule has 3 rings (SSSR count). The van der Waals surface area contributed by atoms with Crippen molar-refractivity contribution in [1.82, 2.24) is 0 Å². The number of hydrogen-bond acceptors (Lipinski definition) is 1. The molecule has 0 amide bonds. The molecule has 0 aliphatic heterocycles. The molecule has 3 atom stereocenters. The standard InChI is InChI=1S/C15H19FO/c16-14-4-2-1-3-12(14)9-15(10-17)8-11-5-6-13(15)7-11/h1-4,11,13,17H,5-10H2. The minimum absolute atomic E-state index is 0.0366. The number of fused-ring (bicyclic) bond motifs is 2. The first-order valence-electron chi connectivity index (χ1n) is 6.58. The molecule has 1 aromatic carbocycles. The fraction of sp³-hybridized carbons (Fsp3) is 0.600. The topological polar surface area (TPSA) is 20.2 Å². The molecule has 0 aromatic heterocycles. The fourth-order valence-electron chi connectivity index (χ4n) is 4.05. The van der Waals surface area contributed by atoms with E-state index in [9.17, 15) is 9.50 Å². The van der Waals surface area contributed by atoms with Gasteiger partial charge in [-0.3, -0.25) is 0 Å². The van der Waals surface area contributed by atoms with Crippen LogP contribution >= 0.6 is 0 Å². The Kier molecular flexibility index (Phi) is 2.70. The van der Waals surface area contributed by atoms with Crippen molar-refractivity contribution in [1.29, 1.82) is 0 Å². The monoisotopic (exact) mass is 234 g/mol. The van der Waals surface area contributed by atoms with E-state index < -0.39 is 0 Å². The molecular weight excluding hydrogens is 215 g/mol. The van der Waals surface area contributed by atoms with Gasteiger partial charge in [0, 0.05) is 12.0 Å². The Bertz CT molecular complexity index is 417. The predicted octanol–water partition coefficient (Wildman–Crippen LogP) is 3.17. The van der Waals surface area contributed by atoms with Gasteiger partial charge in [-0.15, -0.1) is 0 Å². The van der Waals surface area contributed by atoms with Crippen LogP contribution in [0.15, 0.2) is 24.3 Å². The lowest BCUT2D eigenvalue weighted by molar-refractivity contribution is 0.0643. The van der Waals surface area contributed by atoms with Crippen molar-refractivity contribution in [2.24, 2.45) is 17.3 Å². The molecule has 2 heteroatoms. The highest BCUT2D eigenvalue weighted by atomic mass is 19.1. The summed E-state index contributed by atoms with van der Waals surface area (Å²) in [7, 11) is 0. The molecule has 0 spiro atoms. The van der Waals surface area contributed by atoms with Crippen LogP contribution in [-0.2, 0) is 6.42 Å². The van der Waals surface area contributed by atoms with E-state index in [2.05, 4.69) is 0 Å². The van der Waals surface area contributed by atoms with Gasteiger partial charge in [0.25, 0.3) is 0 Å². The summed E-state index contributed by atoms with van der Waals surface area (Å²) in [5.41, 5.74) is 0.736. The third-order valence-corrected chi connectivity index (χ3v) is 4.92. The summed E-state index contributed by atoms with van der Waals surface area (Å²) in [6, 6.07) is 6.99. The second-order valence-corrected chi connectivity index (χ2v) is 5.87. The van der Waals surface area contributed by atoms with Gasteiger partial charge in [0.15, 0.2) is 0 Å². The fourth-order valence-corrected chi connectivity index (χ4v) is 4.05. The minimum Gasteiger partial charge on any atom is -0.396 e. The molecule has 2 bridgehead atoms. The molecule has 2 fully saturated rings. The summed E-state index contributed by atoms with van der Waals surface area (Å²) in [5, 5.41) is 9.77. The number of benzene rings is 1. The lowest BCUT2D eigenvalue weighted by Crippen LogP contribution is -2.34. The van der Waals surface area contributed by atoms with Crippen LogP contribution in [0.4, 0.5) is 4.39 Å². The Morgan fingerprint density at radius 2 is 2.12 bits per heavy atom. The first kappa shape index (κ1) is 11.2. The number of rotatable bonds is 3. The third-order valence-electron chi connectivity index (χ3n) is 4.92. The second kappa shape index (κ2) is 4.09. The summed E-state index contributed by atoms with van der Waals surface area (Å²) in [5.74, 6) is 1.26. The first-order valence-corrected chi connectivity index (χ1v) is 6.58. The first-order chi connectivity index (χ1) is 8.23. The highest BCUT2D eigenvalue weighted by molar-refractivity contribution is 5.20. The van der Waals surface area contributed by atoms with Crippen molar-refractivity contribution in [3.8, 4) is 0 Å². The van der Waals surface area contributed by atoms with Crippen LogP contribution in [0.25, 0.3) is 0 Å². The predicted molar refractivity (Wildman–Crippen MR) is 65.1 cm³/mol. The lowest BCUT2D eigenvalue weighted by atomic mass is 9.70.